The van der Waals surface area contributed by atoms with Crippen molar-refractivity contribution in [2.24, 2.45) is 0 Å². The lowest BCUT2D eigenvalue weighted by molar-refractivity contribution is 0.0939. The molecule has 0 aliphatic heterocycles. The fourth-order valence-corrected chi connectivity index (χ4v) is 5.55. The summed E-state index contributed by atoms with van der Waals surface area (Å²) >= 11 is 1.71. The van der Waals surface area contributed by atoms with Crippen molar-refractivity contribution in [3.8, 4) is 0 Å². The van der Waals surface area contributed by atoms with Crippen molar-refractivity contribution in [3.05, 3.63) is 87.1 Å². The van der Waals surface area contributed by atoms with E-state index in [2.05, 4.69) is 11.4 Å². The van der Waals surface area contributed by atoms with Crippen LogP contribution in [0.25, 0.3) is 0 Å². The summed E-state index contributed by atoms with van der Waals surface area (Å²) in [6, 6.07) is 17.1. The third-order valence-electron chi connectivity index (χ3n) is 4.54. The number of nitrogens with one attached hydrogen (secondary N) is 1. The van der Waals surface area contributed by atoms with E-state index in [9.17, 15) is 13.2 Å². The summed E-state index contributed by atoms with van der Waals surface area (Å²) in [6.07, 6.45) is 0. The van der Waals surface area contributed by atoms with Gasteiger partial charge in [-0.15, -0.1) is 11.3 Å². The average molecular weight is 414 g/mol. The van der Waals surface area contributed by atoms with Crippen LogP contribution < -0.4 is 5.32 Å². The van der Waals surface area contributed by atoms with E-state index in [1.54, 1.807) is 65.9 Å². The normalized spacial score (nSPS) is 12.5. The van der Waals surface area contributed by atoms with Crippen LogP contribution in [-0.4, -0.2) is 14.3 Å². The Balaban J connectivity index is 1.75. The highest BCUT2D eigenvalue weighted by molar-refractivity contribution is 7.90. The maximum atomic E-state index is 12.7. The third kappa shape index (κ3) is 4.69. The fourth-order valence-electron chi connectivity index (χ4n) is 3.17. The van der Waals surface area contributed by atoms with Gasteiger partial charge in [0.1, 0.15) is 0 Å². The van der Waals surface area contributed by atoms with Gasteiger partial charge in [-0.1, -0.05) is 30.3 Å². The molecule has 3 aromatic rings. The van der Waals surface area contributed by atoms with Crippen LogP contribution in [0.2, 0.25) is 0 Å². The van der Waals surface area contributed by atoms with Crippen LogP contribution in [0, 0.1) is 13.8 Å². The van der Waals surface area contributed by atoms with Gasteiger partial charge in [0.2, 0.25) is 0 Å². The SMILES string of the molecule is Cc1cc([C@H](C)NC(=O)c2cccc(CS(=O)(=O)c3ccccc3)c2)c(C)s1. The highest BCUT2D eigenvalue weighted by atomic mass is 32.2. The molecule has 3 rings (SSSR count). The molecule has 1 heterocycles. The largest absolute Gasteiger partial charge is 0.345 e. The lowest BCUT2D eigenvalue weighted by Crippen LogP contribution is -2.26. The first kappa shape index (κ1) is 20.3. The Morgan fingerprint density at radius 3 is 2.39 bits per heavy atom. The number of thiophene rings is 1. The van der Waals surface area contributed by atoms with E-state index in [4.69, 9.17) is 0 Å². The van der Waals surface area contributed by atoms with Gasteiger partial charge in [-0.05, 0) is 62.2 Å². The second-order valence-corrected chi connectivity index (χ2v) is 10.3. The van der Waals surface area contributed by atoms with E-state index in [0.717, 1.165) is 5.56 Å². The molecule has 0 aliphatic carbocycles. The molecular weight excluding hydrogens is 390 g/mol. The minimum Gasteiger partial charge on any atom is -0.345 e. The molecule has 28 heavy (non-hydrogen) atoms. The summed E-state index contributed by atoms with van der Waals surface area (Å²) in [5.41, 5.74) is 2.16. The molecule has 4 nitrogen and oxygen atoms in total. The average Bonchev–Trinajstić information content (AvgIpc) is 3.00. The molecule has 1 amide bonds. The van der Waals surface area contributed by atoms with E-state index < -0.39 is 9.84 Å². The van der Waals surface area contributed by atoms with Gasteiger partial charge < -0.3 is 5.32 Å². The van der Waals surface area contributed by atoms with Crippen LogP contribution >= 0.6 is 11.3 Å². The van der Waals surface area contributed by atoms with Crippen LogP contribution in [-0.2, 0) is 15.6 Å². The molecule has 0 bridgehead atoms. The van der Waals surface area contributed by atoms with Gasteiger partial charge >= 0.3 is 0 Å². The van der Waals surface area contributed by atoms with Crippen LogP contribution in [0.5, 0.6) is 0 Å². The van der Waals surface area contributed by atoms with E-state index >= 15 is 0 Å². The molecule has 0 unspecified atom stereocenters. The predicted molar refractivity (Wildman–Crippen MR) is 113 cm³/mol. The minimum atomic E-state index is -3.46. The number of amides is 1. The van der Waals surface area contributed by atoms with Gasteiger partial charge in [-0.2, -0.15) is 0 Å². The first-order valence-corrected chi connectivity index (χ1v) is 11.5. The Bertz CT molecular complexity index is 1090. The Kier molecular flexibility index (Phi) is 6.01. The van der Waals surface area contributed by atoms with Gasteiger partial charge in [0.05, 0.1) is 16.7 Å². The van der Waals surface area contributed by atoms with Crippen LogP contribution in [0.1, 0.15) is 44.2 Å². The number of hydrogen-bond donors (Lipinski definition) is 1. The summed E-state index contributed by atoms with van der Waals surface area (Å²) in [7, 11) is -3.46. The van der Waals surface area contributed by atoms with Crippen molar-refractivity contribution in [2.75, 3.05) is 0 Å². The molecular formula is C22H23NO3S2. The minimum absolute atomic E-state index is 0.117. The van der Waals surface area contributed by atoms with Crippen LogP contribution in [0.3, 0.4) is 0 Å². The second-order valence-electron chi connectivity index (χ2n) is 6.84. The number of carbonyl (C=O) groups is 1. The quantitative estimate of drug-likeness (QED) is 0.629. The molecule has 0 fully saturated rings. The van der Waals surface area contributed by atoms with Crippen molar-refractivity contribution in [1.29, 1.82) is 0 Å². The summed E-state index contributed by atoms with van der Waals surface area (Å²) < 4.78 is 25.2. The predicted octanol–water partition coefficient (Wildman–Crippen LogP) is 4.83. The lowest BCUT2D eigenvalue weighted by Gasteiger charge is -2.14. The van der Waals surface area contributed by atoms with Crippen molar-refractivity contribution in [2.45, 2.75) is 37.5 Å². The molecule has 1 atom stereocenters. The Morgan fingerprint density at radius 2 is 1.75 bits per heavy atom. The van der Waals surface area contributed by atoms with Crippen LogP contribution in [0.4, 0.5) is 0 Å². The first-order valence-electron chi connectivity index (χ1n) is 9.01. The molecule has 0 saturated carbocycles. The number of hydrogen-bond acceptors (Lipinski definition) is 4. The fraction of sp³-hybridized carbons (Fsp3) is 0.227. The van der Waals surface area contributed by atoms with Crippen molar-refractivity contribution in [3.63, 3.8) is 0 Å². The molecule has 146 valence electrons. The number of benzene rings is 2. The zero-order chi connectivity index (χ0) is 20.3. The van der Waals surface area contributed by atoms with Crippen molar-refractivity contribution in [1.82, 2.24) is 5.32 Å². The second kappa shape index (κ2) is 8.29. The lowest BCUT2D eigenvalue weighted by atomic mass is 10.1. The summed E-state index contributed by atoms with van der Waals surface area (Å²) in [5, 5.41) is 3.01. The maximum absolute atomic E-state index is 12.7. The molecule has 0 saturated heterocycles. The molecule has 0 radical (unpaired) electrons. The maximum Gasteiger partial charge on any atom is 0.251 e. The molecule has 0 aliphatic rings. The molecule has 0 spiro atoms. The van der Waals surface area contributed by atoms with Gasteiger partial charge in [0.25, 0.3) is 5.91 Å². The summed E-state index contributed by atoms with van der Waals surface area (Å²) in [5.74, 6) is -0.356. The first-order chi connectivity index (χ1) is 13.3. The molecule has 6 heteroatoms. The third-order valence-corrected chi connectivity index (χ3v) is 7.23. The number of rotatable bonds is 6. The Hall–Kier alpha value is -2.44. The number of aryl methyl sites for hydroxylation is 2. The van der Waals surface area contributed by atoms with E-state index in [1.165, 1.54) is 9.75 Å². The van der Waals surface area contributed by atoms with E-state index in [0.29, 0.717) is 11.1 Å². The molecule has 1 aromatic heterocycles. The van der Waals surface area contributed by atoms with E-state index in [1.807, 2.05) is 20.8 Å². The molecule has 2 aromatic carbocycles. The zero-order valence-corrected chi connectivity index (χ0v) is 17.7. The monoisotopic (exact) mass is 413 g/mol. The van der Waals surface area contributed by atoms with Crippen molar-refractivity contribution < 1.29 is 13.2 Å². The Labute approximate surface area is 170 Å². The highest BCUT2D eigenvalue weighted by Gasteiger charge is 2.18. The summed E-state index contributed by atoms with van der Waals surface area (Å²) in [4.78, 5) is 15.4. The standard InChI is InChI=1S/C22H23NO3S2/c1-15-12-21(17(3)27-15)16(2)23-22(24)19-9-7-8-18(13-19)14-28(25,26)20-10-5-4-6-11-20/h4-13,16H,14H2,1-3H3,(H,23,24)/t16-/m0/s1. The van der Waals surface area contributed by atoms with Gasteiger partial charge in [-0.3, -0.25) is 4.79 Å². The summed E-state index contributed by atoms with van der Waals surface area (Å²) in [6.45, 7) is 6.05. The number of carbonyl (C=O) groups excluding carboxylic acids is 1. The van der Waals surface area contributed by atoms with Gasteiger partial charge in [-0.25, -0.2) is 8.42 Å². The topological polar surface area (TPSA) is 63.2 Å². The smallest absolute Gasteiger partial charge is 0.251 e. The Morgan fingerprint density at radius 1 is 1.04 bits per heavy atom. The van der Waals surface area contributed by atoms with E-state index in [-0.39, 0.29) is 22.6 Å². The van der Waals surface area contributed by atoms with Gasteiger partial charge in [0, 0.05) is 15.3 Å². The van der Waals surface area contributed by atoms with Crippen molar-refractivity contribution >= 4 is 27.1 Å². The number of sulfone groups is 1. The molecule has 1 N–H and O–H groups in total. The van der Waals surface area contributed by atoms with Gasteiger partial charge in [0.15, 0.2) is 9.84 Å². The highest BCUT2D eigenvalue weighted by Crippen LogP contribution is 2.26. The van der Waals surface area contributed by atoms with Crippen LogP contribution in [0.15, 0.2) is 65.6 Å². The zero-order valence-electron chi connectivity index (χ0n) is 16.1.